The Bertz CT molecular complexity index is 1230. The van der Waals surface area contributed by atoms with Crippen LogP contribution in [0.15, 0.2) is 36.4 Å². The molecule has 2 aromatic carbocycles. The third-order valence-corrected chi connectivity index (χ3v) is 5.77. The molecule has 1 atom stereocenters. The first kappa shape index (κ1) is 25.5. The molecule has 1 N–H and O–H groups in total. The van der Waals surface area contributed by atoms with Crippen LogP contribution in [-0.2, 0) is 10.0 Å². The first-order chi connectivity index (χ1) is 15.9. The summed E-state index contributed by atoms with van der Waals surface area (Å²) in [5.74, 6) is -1.16. The number of halogens is 4. The minimum Gasteiger partial charge on any atom is -0.490 e. The number of hydrogen-bond acceptors (Lipinski definition) is 7. The van der Waals surface area contributed by atoms with Crippen LogP contribution in [0.4, 0.5) is 18.9 Å². The number of amides is 1. The Kier molecular flexibility index (Phi) is 7.48. The number of nitrogens with zero attached hydrogens (tertiary/aromatic N) is 2. The van der Waals surface area contributed by atoms with Crippen LogP contribution >= 0.6 is 11.6 Å². The van der Waals surface area contributed by atoms with Gasteiger partial charge in [-0.2, -0.15) is 5.26 Å². The lowest BCUT2D eigenvalue weighted by atomic mass is 10.1. The normalized spacial score (nSPS) is 16.1. The van der Waals surface area contributed by atoms with E-state index in [1.807, 2.05) is 15.7 Å². The molecule has 2 aromatic rings. The van der Waals surface area contributed by atoms with Crippen molar-refractivity contribution in [2.45, 2.75) is 25.2 Å². The van der Waals surface area contributed by atoms with Crippen molar-refractivity contribution in [1.29, 1.82) is 5.26 Å². The summed E-state index contributed by atoms with van der Waals surface area (Å²) >= 11 is 5.97. The van der Waals surface area contributed by atoms with Gasteiger partial charge < -0.3 is 14.4 Å². The van der Waals surface area contributed by atoms with E-state index in [4.69, 9.17) is 16.3 Å². The predicted molar refractivity (Wildman–Crippen MR) is 117 cm³/mol. The zero-order valence-corrected chi connectivity index (χ0v) is 19.3. The summed E-state index contributed by atoms with van der Waals surface area (Å²) < 4.78 is 71.4. The minimum atomic E-state index is -4.85. The molecular weight excluding hydrogens is 499 g/mol. The van der Waals surface area contributed by atoms with E-state index in [0.717, 1.165) is 25.2 Å². The van der Waals surface area contributed by atoms with E-state index in [9.17, 15) is 31.6 Å². The Morgan fingerprint density at radius 2 is 1.97 bits per heavy atom. The van der Waals surface area contributed by atoms with Gasteiger partial charge in [0.1, 0.15) is 24.2 Å². The fourth-order valence-electron chi connectivity index (χ4n) is 3.52. The van der Waals surface area contributed by atoms with Gasteiger partial charge in [-0.1, -0.05) is 11.6 Å². The predicted octanol–water partition coefficient (Wildman–Crippen LogP) is 3.85. The lowest BCUT2D eigenvalue weighted by molar-refractivity contribution is -0.274. The molecule has 3 rings (SSSR count). The number of benzene rings is 2. The molecule has 1 aliphatic rings. The lowest BCUT2D eigenvalue weighted by Gasteiger charge is -2.27. The van der Waals surface area contributed by atoms with Crippen molar-refractivity contribution >= 4 is 33.2 Å². The second-order valence-corrected chi connectivity index (χ2v) is 9.64. The average molecular weight is 518 g/mol. The number of carbonyl (C=O) groups excluding carboxylic acids is 1. The van der Waals surface area contributed by atoms with E-state index < -0.39 is 28.0 Å². The topological polar surface area (TPSA) is 109 Å². The van der Waals surface area contributed by atoms with Crippen molar-refractivity contribution in [2.75, 3.05) is 24.3 Å². The summed E-state index contributed by atoms with van der Waals surface area (Å²) in [5.41, 5.74) is 0.619. The maximum absolute atomic E-state index is 12.5. The zero-order chi connectivity index (χ0) is 25.1. The van der Waals surface area contributed by atoms with Gasteiger partial charge in [0, 0.05) is 17.8 Å². The summed E-state index contributed by atoms with van der Waals surface area (Å²) in [7, 11) is -3.76. The number of nitriles is 1. The van der Waals surface area contributed by atoms with Gasteiger partial charge in [0.2, 0.25) is 10.0 Å². The summed E-state index contributed by atoms with van der Waals surface area (Å²) in [4.78, 5) is 13.9. The van der Waals surface area contributed by atoms with Gasteiger partial charge in [-0.15, -0.1) is 13.2 Å². The molecule has 1 fully saturated rings. The largest absolute Gasteiger partial charge is 0.573 e. The first-order valence-corrected chi connectivity index (χ1v) is 12.1. The van der Waals surface area contributed by atoms with Crippen LogP contribution in [-0.4, -0.2) is 46.1 Å². The Balaban J connectivity index is 1.71. The van der Waals surface area contributed by atoms with Gasteiger partial charge in [0.25, 0.3) is 5.91 Å². The van der Waals surface area contributed by atoms with E-state index in [0.29, 0.717) is 12.2 Å². The van der Waals surface area contributed by atoms with Gasteiger partial charge >= 0.3 is 6.36 Å². The summed E-state index contributed by atoms with van der Waals surface area (Å²) in [6.07, 6.45) is -2.48. The van der Waals surface area contributed by atoms with Crippen molar-refractivity contribution in [1.82, 2.24) is 4.72 Å². The van der Waals surface area contributed by atoms with Crippen molar-refractivity contribution < 1.29 is 35.9 Å². The molecule has 1 amide bonds. The Labute approximate surface area is 198 Å². The molecule has 0 radical (unpaired) electrons. The number of nitrogens with one attached hydrogen (secondary N) is 1. The molecule has 1 unspecified atom stereocenters. The molecule has 1 aliphatic heterocycles. The van der Waals surface area contributed by atoms with Crippen LogP contribution in [0.3, 0.4) is 0 Å². The number of alkyl halides is 3. The number of sulfonamides is 1. The maximum atomic E-state index is 12.5. The molecule has 13 heteroatoms. The number of rotatable bonds is 7. The fraction of sp³-hybridized carbons (Fsp3) is 0.333. The van der Waals surface area contributed by atoms with Crippen molar-refractivity contribution in [3.8, 4) is 17.6 Å². The summed E-state index contributed by atoms with van der Waals surface area (Å²) in [6, 6.07) is 9.73. The third kappa shape index (κ3) is 6.68. The van der Waals surface area contributed by atoms with E-state index in [-0.39, 0.29) is 34.5 Å². The van der Waals surface area contributed by atoms with Gasteiger partial charge in [-0.05, 0) is 49.2 Å². The Morgan fingerprint density at radius 3 is 2.59 bits per heavy atom. The highest BCUT2D eigenvalue weighted by molar-refractivity contribution is 7.89. The number of hydrogen-bond donors (Lipinski definition) is 1. The molecule has 0 aromatic heterocycles. The van der Waals surface area contributed by atoms with Gasteiger partial charge in [0.15, 0.2) is 0 Å². The quantitative estimate of drug-likeness (QED) is 0.594. The molecule has 182 valence electrons. The fourth-order valence-corrected chi connectivity index (χ4v) is 4.19. The van der Waals surface area contributed by atoms with Crippen LogP contribution in [0.2, 0.25) is 5.02 Å². The second kappa shape index (κ2) is 9.99. The highest BCUT2D eigenvalue weighted by atomic mass is 35.5. The standard InChI is InChI=1S/C21H19ClF3N3O5S/c1-34(30,31)27-20(29)13-4-6-18(14(9-13)11-26)32-12-16-3-2-8-28(16)15-5-7-19(17(22)10-15)33-21(23,24)25/h4-7,9-10,16H,2-3,8,12H2,1H3,(H,27,29). The van der Waals surface area contributed by atoms with Gasteiger partial charge in [-0.25, -0.2) is 13.1 Å². The summed E-state index contributed by atoms with van der Waals surface area (Å²) in [6.45, 7) is 0.779. The van der Waals surface area contributed by atoms with E-state index >= 15 is 0 Å². The Hall–Kier alpha value is -3.17. The van der Waals surface area contributed by atoms with Crippen LogP contribution in [0.1, 0.15) is 28.8 Å². The molecule has 0 spiro atoms. The highest BCUT2D eigenvalue weighted by Crippen LogP contribution is 2.35. The minimum absolute atomic E-state index is 0.0207. The van der Waals surface area contributed by atoms with E-state index in [1.165, 1.54) is 30.3 Å². The SMILES string of the molecule is CS(=O)(=O)NC(=O)c1ccc(OCC2CCCN2c2ccc(OC(F)(F)F)c(Cl)c2)c(C#N)c1. The van der Waals surface area contributed by atoms with Crippen LogP contribution in [0.5, 0.6) is 11.5 Å². The maximum Gasteiger partial charge on any atom is 0.573 e. The smallest absolute Gasteiger partial charge is 0.490 e. The van der Waals surface area contributed by atoms with Crippen LogP contribution < -0.4 is 19.1 Å². The molecule has 1 saturated heterocycles. The Morgan fingerprint density at radius 1 is 1.26 bits per heavy atom. The number of carbonyl (C=O) groups is 1. The number of anilines is 1. The zero-order valence-electron chi connectivity index (χ0n) is 17.7. The van der Waals surface area contributed by atoms with Crippen LogP contribution in [0.25, 0.3) is 0 Å². The van der Waals surface area contributed by atoms with Gasteiger partial charge in [0.05, 0.1) is 22.9 Å². The molecule has 0 aliphatic carbocycles. The molecule has 1 heterocycles. The van der Waals surface area contributed by atoms with Gasteiger partial charge in [-0.3, -0.25) is 4.79 Å². The summed E-state index contributed by atoms with van der Waals surface area (Å²) in [5, 5.41) is 9.24. The third-order valence-electron chi connectivity index (χ3n) is 4.92. The second-order valence-electron chi connectivity index (χ2n) is 7.49. The highest BCUT2D eigenvalue weighted by Gasteiger charge is 2.32. The van der Waals surface area contributed by atoms with Crippen molar-refractivity contribution in [3.05, 3.63) is 52.5 Å². The molecule has 0 bridgehead atoms. The monoisotopic (exact) mass is 517 g/mol. The van der Waals surface area contributed by atoms with Crippen molar-refractivity contribution in [3.63, 3.8) is 0 Å². The molecule has 8 nitrogen and oxygen atoms in total. The molecular formula is C21H19ClF3N3O5S. The average Bonchev–Trinajstić information content (AvgIpc) is 3.20. The number of ether oxygens (including phenoxy) is 2. The first-order valence-electron chi connectivity index (χ1n) is 9.87. The van der Waals surface area contributed by atoms with Crippen LogP contribution in [0, 0.1) is 11.3 Å². The molecule has 0 saturated carbocycles. The van der Waals surface area contributed by atoms with E-state index in [1.54, 1.807) is 0 Å². The van der Waals surface area contributed by atoms with E-state index in [2.05, 4.69) is 4.74 Å². The lowest BCUT2D eigenvalue weighted by Crippen LogP contribution is -2.34. The molecule has 34 heavy (non-hydrogen) atoms. The van der Waals surface area contributed by atoms with Crippen molar-refractivity contribution in [2.24, 2.45) is 0 Å².